The van der Waals surface area contributed by atoms with Gasteiger partial charge in [0, 0.05) is 17.5 Å². The van der Waals surface area contributed by atoms with Gasteiger partial charge >= 0.3 is 6.18 Å². The van der Waals surface area contributed by atoms with Gasteiger partial charge in [0.1, 0.15) is 5.82 Å². The van der Waals surface area contributed by atoms with Crippen LogP contribution >= 0.6 is 0 Å². The molecule has 0 aliphatic carbocycles. The molecule has 1 rings (SSSR count). The first-order valence-corrected chi connectivity index (χ1v) is 5.91. The number of aliphatic hydroxyl groups excluding tert-OH is 1. The van der Waals surface area contributed by atoms with Crippen LogP contribution < -0.4 is 0 Å². The molecule has 1 atom stereocenters. The summed E-state index contributed by atoms with van der Waals surface area (Å²) in [5.41, 5.74) is 0.428. The first-order chi connectivity index (χ1) is 9.34. The topological polar surface area (TPSA) is 29.5 Å². The molecule has 1 aromatic carbocycles. The molecule has 0 amide bonds. The molecular formula is C14H14F4O2. The van der Waals surface area contributed by atoms with E-state index in [0.717, 1.165) is 13.0 Å². The second kappa shape index (κ2) is 7.27. The third kappa shape index (κ3) is 5.19. The number of ether oxygens (including phenoxy) is 1. The van der Waals surface area contributed by atoms with E-state index in [0.29, 0.717) is 5.56 Å². The maximum atomic E-state index is 13.6. The highest BCUT2D eigenvalue weighted by atomic mass is 19.4. The zero-order valence-corrected chi connectivity index (χ0v) is 10.8. The van der Waals surface area contributed by atoms with Crippen molar-refractivity contribution in [2.24, 2.45) is 0 Å². The number of aliphatic hydroxyl groups is 1. The van der Waals surface area contributed by atoms with E-state index in [-0.39, 0.29) is 18.6 Å². The van der Waals surface area contributed by atoms with Crippen molar-refractivity contribution in [2.75, 3.05) is 6.61 Å². The predicted molar refractivity (Wildman–Crippen MR) is 65.3 cm³/mol. The average Bonchev–Trinajstić information content (AvgIpc) is 2.36. The third-order valence-electron chi connectivity index (χ3n) is 2.47. The first kappa shape index (κ1) is 16.5. The van der Waals surface area contributed by atoms with Crippen LogP contribution in [0.25, 0.3) is 0 Å². The highest BCUT2D eigenvalue weighted by molar-refractivity contribution is 5.36. The van der Waals surface area contributed by atoms with Gasteiger partial charge in [-0.3, -0.25) is 0 Å². The maximum absolute atomic E-state index is 13.6. The lowest BCUT2D eigenvalue weighted by Crippen LogP contribution is -2.28. The number of halogens is 4. The van der Waals surface area contributed by atoms with Crippen LogP contribution in [0.4, 0.5) is 17.6 Å². The van der Waals surface area contributed by atoms with Crippen molar-refractivity contribution in [3.05, 3.63) is 35.1 Å². The molecule has 0 aliphatic heterocycles. The Morgan fingerprint density at radius 1 is 1.35 bits per heavy atom. The Labute approximate surface area is 114 Å². The van der Waals surface area contributed by atoms with E-state index in [1.54, 1.807) is 0 Å². The van der Waals surface area contributed by atoms with E-state index in [9.17, 15) is 17.6 Å². The van der Waals surface area contributed by atoms with E-state index in [2.05, 4.69) is 16.6 Å². The van der Waals surface area contributed by atoms with E-state index in [1.165, 1.54) is 12.1 Å². The Morgan fingerprint density at radius 3 is 2.60 bits per heavy atom. The number of hydrogen-bond acceptors (Lipinski definition) is 2. The number of hydrogen-bond donors (Lipinski definition) is 1. The van der Waals surface area contributed by atoms with Gasteiger partial charge in [-0.2, -0.15) is 13.2 Å². The van der Waals surface area contributed by atoms with Gasteiger partial charge in [0.25, 0.3) is 0 Å². The van der Waals surface area contributed by atoms with Crippen molar-refractivity contribution in [2.45, 2.75) is 32.2 Å². The molecule has 110 valence electrons. The minimum absolute atomic E-state index is 0.0359. The minimum Gasteiger partial charge on any atom is -0.395 e. The van der Waals surface area contributed by atoms with Crippen LogP contribution in [-0.2, 0) is 11.3 Å². The summed E-state index contributed by atoms with van der Waals surface area (Å²) in [6, 6.07) is 3.95. The van der Waals surface area contributed by atoms with E-state index in [1.807, 2.05) is 0 Å². The normalized spacial score (nSPS) is 12.7. The van der Waals surface area contributed by atoms with Crippen molar-refractivity contribution in [1.29, 1.82) is 0 Å². The summed E-state index contributed by atoms with van der Waals surface area (Å²) in [7, 11) is 0. The van der Waals surface area contributed by atoms with E-state index >= 15 is 0 Å². The van der Waals surface area contributed by atoms with Crippen LogP contribution in [0, 0.1) is 17.7 Å². The molecule has 0 radical (unpaired) electrons. The van der Waals surface area contributed by atoms with Crippen molar-refractivity contribution in [3.63, 3.8) is 0 Å². The van der Waals surface area contributed by atoms with Crippen molar-refractivity contribution in [1.82, 2.24) is 0 Å². The molecule has 0 bridgehead atoms. The van der Waals surface area contributed by atoms with Crippen molar-refractivity contribution < 1.29 is 27.4 Å². The Hall–Kier alpha value is -1.58. The maximum Gasteiger partial charge on any atom is 0.414 e. The zero-order chi connectivity index (χ0) is 15.2. The second-order valence-corrected chi connectivity index (χ2v) is 4.08. The molecular weight excluding hydrogens is 276 g/mol. The summed E-state index contributed by atoms with van der Waals surface area (Å²) in [4.78, 5) is 0. The van der Waals surface area contributed by atoms with Gasteiger partial charge in [0.05, 0.1) is 13.2 Å². The summed E-state index contributed by atoms with van der Waals surface area (Å²) in [6.45, 7) is 0.320. The Balaban J connectivity index is 2.68. The molecule has 1 aromatic rings. The quantitative estimate of drug-likeness (QED) is 0.682. The molecule has 0 saturated carbocycles. The van der Waals surface area contributed by atoms with Crippen LogP contribution in [-0.4, -0.2) is 24.0 Å². The van der Waals surface area contributed by atoms with Crippen LogP contribution in [0.3, 0.4) is 0 Å². The molecule has 0 heterocycles. The van der Waals surface area contributed by atoms with Crippen LogP contribution in [0.5, 0.6) is 0 Å². The molecule has 1 unspecified atom stereocenters. The summed E-state index contributed by atoms with van der Waals surface area (Å²) in [5.74, 6) is 4.58. The molecule has 1 N–H and O–H groups in total. The standard InChI is InChI=1S/C14H14F4O2/c1-10(14(16,17)18)20-9-12-6-5-11(8-13(12)15)4-2-3-7-19/h5-6,8,10,19H,3,7,9H2,1H3. The molecule has 0 aliphatic rings. The highest BCUT2D eigenvalue weighted by Gasteiger charge is 2.36. The van der Waals surface area contributed by atoms with Crippen LogP contribution in [0.1, 0.15) is 24.5 Å². The lowest BCUT2D eigenvalue weighted by molar-refractivity contribution is -0.217. The van der Waals surface area contributed by atoms with Crippen LogP contribution in [0.15, 0.2) is 18.2 Å². The molecule has 2 nitrogen and oxygen atoms in total. The van der Waals surface area contributed by atoms with Gasteiger partial charge in [-0.25, -0.2) is 4.39 Å². The Kier molecular flexibility index (Phi) is 5.99. The molecule has 0 saturated heterocycles. The summed E-state index contributed by atoms with van der Waals surface area (Å²) < 4.78 is 54.9. The summed E-state index contributed by atoms with van der Waals surface area (Å²) in [5, 5.41) is 8.55. The number of rotatable bonds is 4. The van der Waals surface area contributed by atoms with E-state index in [4.69, 9.17) is 5.11 Å². The predicted octanol–water partition coefficient (Wildman–Crippen LogP) is 3.03. The fourth-order valence-corrected chi connectivity index (χ4v) is 1.27. The highest BCUT2D eigenvalue weighted by Crippen LogP contribution is 2.23. The van der Waals surface area contributed by atoms with Gasteiger partial charge < -0.3 is 9.84 Å². The number of alkyl halides is 3. The fraction of sp³-hybridized carbons (Fsp3) is 0.429. The molecule has 0 aromatic heterocycles. The monoisotopic (exact) mass is 290 g/mol. The first-order valence-electron chi connectivity index (χ1n) is 5.91. The fourth-order valence-electron chi connectivity index (χ4n) is 1.27. The Bertz CT molecular complexity index is 500. The van der Waals surface area contributed by atoms with Gasteiger partial charge in [-0.05, 0) is 19.1 Å². The smallest absolute Gasteiger partial charge is 0.395 e. The van der Waals surface area contributed by atoms with Crippen molar-refractivity contribution in [3.8, 4) is 11.8 Å². The average molecular weight is 290 g/mol. The van der Waals surface area contributed by atoms with Crippen molar-refractivity contribution >= 4 is 0 Å². The number of benzene rings is 1. The summed E-state index contributed by atoms with van der Waals surface area (Å²) >= 11 is 0. The van der Waals surface area contributed by atoms with Gasteiger partial charge in [0.15, 0.2) is 6.10 Å². The largest absolute Gasteiger partial charge is 0.414 e. The summed E-state index contributed by atoms with van der Waals surface area (Å²) in [6.07, 6.45) is -6.15. The molecule has 6 heteroatoms. The SMILES string of the molecule is CC(OCc1ccc(C#CCCO)cc1F)C(F)(F)F. The zero-order valence-electron chi connectivity index (χ0n) is 10.8. The lowest BCUT2D eigenvalue weighted by atomic mass is 10.1. The minimum atomic E-state index is -4.47. The lowest BCUT2D eigenvalue weighted by Gasteiger charge is -2.16. The third-order valence-corrected chi connectivity index (χ3v) is 2.47. The second-order valence-electron chi connectivity index (χ2n) is 4.08. The van der Waals surface area contributed by atoms with E-state index < -0.39 is 24.7 Å². The molecule has 0 spiro atoms. The van der Waals surface area contributed by atoms with Crippen LogP contribution in [0.2, 0.25) is 0 Å². The molecule has 0 fully saturated rings. The van der Waals surface area contributed by atoms with Gasteiger partial charge in [0.2, 0.25) is 0 Å². The Morgan fingerprint density at radius 2 is 2.05 bits per heavy atom. The van der Waals surface area contributed by atoms with Gasteiger partial charge in [-0.1, -0.05) is 17.9 Å². The molecule has 20 heavy (non-hydrogen) atoms. The van der Waals surface area contributed by atoms with Gasteiger partial charge in [-0.15, -0.1) is 0 Å².